The molecule has 0 spiro atoms. The van der Waals surface area contributed by atoms with Gasteiger partial charge in [0.25, 0.3) is 0 Å². The normalized spacial score (nSPS) is 12.3. The maximum absolute atomic E-state index is 5.09. The van der Waals surface area contributed by atoms with Crippen LogP contribution in [0.4, 0.5) is 85.3 Å². The van der Waals surface area contributed by atoms with Crippen molar-refractivity contribution >= 4 is 85.3 Å². The van der Waals surface area contributed by atoms with Crippen molar-refractivity contribution in [3.63, 3.8) is 0 Å². The third kappa shape index (κ3) is 8.18. The molecule has 3 heterocycles. The van der Waals surface area contributed by atoms with E-state index in [1.807, 2.05) is 60.7 Å². The molecule has 8 nitrogen and oxygen atoms in total. The SMILES string of the molecule is c1ccc(-c2nc(-c3ccccc3)nc(-c3ccc(N(c4cccc(N5c6ccccc6N(c6ccccc6)c6ccccc65)c4)c4cccc(N5c6ccccc6N(c6ccccc6)c6ccccc65)c4)cc3)n2)cc1. The molecule has 0 radical (unpaired) electrons. The molecule has 77 heavy (non-hydrogen) atoms. The predicted octanol–water partition coefficient (Wildman–Crippen LogP) is 18.8. The Morgan fingerprint density at radius 3 is 0.792 bits per heavy atom. The molecule has 1 aromatic heterocycles. The molecule has 0 saturated carbocycles. The highest BCUT2D eigenvalue weighted by Gasteiger charge is 2.32. The van der Waals surface area contributed by atoms with Crippen molar-refractivity contribution in [2.75, 3.05) is 24.5 Å². The summed E-state index contributed by atoms with van der Waals surface area (Å²) >= 11 is 0. The van der Waals surface area contributed by atoms with Crippen molar-refractivity contribution in [1.29, 1.82) is 0 Å². The molecule has 14 rings (SSSR count). The maximum Gasteiger partial charge on any atom is 0.164 e. The van der Waals surface area contributed by atoms with Crippen LogP contribution < -0.4 is 24.5 Å². The highest BCUT2D eigenvalue weighted by Crippen LogP contribution is 2.56. The maximum atomic E-state index is 5.09. The molecular formula is C69H48N8. The topological polar surface area (TPSA) is 54.9 Å². The molecule has 11 aromatic carbocycles. The van der Waals surface area contributed by atoms with Crippen molar-refractivity contribution in [1.82, 2.24) is 15.0 Å². The van der Waals surface area contributed by atoms with Gasteiger partial charge < -0.3 is 24.5 Å². The number of hydrogen-bond acceptors (Lipinski definition) is 8. The largest absolute Gasteiger partial charge is 0.310 e. The third-order valence-corrected chi connectivity index (χ3v) is 14.3. The van der Waals surface area contributed by atoms with Crippen LogP contribution in [0.2, 0.25) is 0 Å². The van der Waals surface area contributed by atoms with E-state index in [9.17, 15) is 0 Å². The summed E-state index contributed by atoms with van der Waals surface area (Å²) in [5.74, 6) is 1.84. The van der Waals surface area contributed by atoms with Crippen molar-refractivity contribution in [2.45, 2.75) is 0 Å². The minimum absolute atomic E-state index is 0.596. The van der Waals surface area contributed by atoms with Crippen LogP contribution in [0.3, 0.4) is 0 Å². The van der Waals surface area contributed by atoms with Crippen molar-refractivity contribution in [3.8, 4) is 34.2 Å². The van der Waals surface area contributed by atoms with Gasteiger partial charge in [-0.25, -0.2) is 15.0 Å². The van der Waals surface area contributed by atoms with Crippen LogP contribution >= 0.6 is 0 Å². The second-order valence-electron chi connectivity index (χ2n) is 18.9. The molecule has 0 saturated heterocycles. The zero-order valence-corrected chi connectivity index (χ0v) is 41.8. The minimum atomic E-state index is 0.596. The van der Waals surface area contributed by atoms with Crippen LogP contribution in [0.25, 0.3) is 34.2 Å². The van der Waals surface area contributed by atoms with Gasteiger partial charge in [0.2, 0.25) is 0 Å². The van der Waals surface area contributed by atoms with E-state index in [1.54, 1.807) is 0 Å². The fourth-order valence-corrected chi connectivity index (χ4v) is 10.8. The molecule has 0 unspecified atom stereocenters. The Hall–Kier alpha value is -10.6. The van der Waals surface area contributed by atoms with Gasteiger partial charge in [-0.1, -0.05) is 158 Å². The second kappa shape index (κ2) is 19.4. The second-order valence-corrected chi connectivity index (χ2v) is 18.9. The molecular weight excluding hydrogens is 941 g/mol. The number of rotatable bonds is 10. The van der Waals surface area contributed by atoms with Gasteiger partial charge in [-0.05, 0) is 133 Å². The zero-order chi connectivity index (χ0) is 51.1. The molecule has 8 heteroatoms. The van der Waals surface area contributed by atoms with Gasteiger partial charge in [-0.2, -0.15) is 0 Å². The van der Waals surface area contributed by atoms with Gasteiger partial charge in [-0.15, -0.1) is 0 Å². The standard InChI is InChI=1S/C69H48N8/c1-5-23-49(24-6-1)67-70-68(50-25-7-2-8-26-50)72-69(71-67)51-43-45-54(46-44-51)73(55-31-21-33-57(47-55)76-63-39-17-13-35-59(63)74(52-27-9-3-10-28-52)60-36-14-18-40-64(60)76)56-32-22-34-58(48-56)77-65-41-19-15-37-61(65)75(53-29-11-4-12-30-53)62-38-16-20-42-66(62)77/h1-48H. The lowest BCUT2D eigenvalue weighted by molar-refractivity contribution is 1.07. The van der Waals surface area contributed by atoms with Gasteiger partial charge in [0, 0.05) is 56.5 Å². The third-order valence-electron chi connectivity index (χ3n) is 14.3. The number of benzene rings is 11. The van der Waals surface area contributed by atoms with E-state index < -0.39 is 0 Å². The molecule has 0 atom stereocenters. The molecule has 364 valence electrons. The fraction of sp³-hybridized carbons (Fsp3) is 0. The van der Waals surface area contributed by atoms with Gasteiger partial charge in [0.15, 0.2) is 17.5 Å². The Bertz CT molecular complexity index is 3740. The molecule has 0 N–H and O–H groups in total. The first kappa shape index (κ1) is 45.1. The Kier molecular flexibility index (Phi) is 11.3. The first-order chi connectivity index (χ1) is 38.2. The molecule has 2 aliphatic rings. The summed E-state index contributed by atoms with van der Waals surface area (Å²) in [5, 5.41) is 0. The van der Waals surface area contributed by atoms with Crippen molar-refractivity contribution in [3.05, 3.63) is 291 Å². The average Bonchev–Trinajstić information content (AvgIpc) is 3.51. The smallest absolute Gasteiger partial charge is 0.164 e. The Balaban J connectivity index is 0.922. The van der Waals surface area contributed by atoms with Gasteiger partial charge >= 0.3 is 0 Å². The number of para-hydroxylation sites is 10. The number of fused-ring (bicyclic) bond motifs is 4. The summed E-state index contributed by atoms with van der Waals surface area (Å²) in [5.41, 5.74) is 18.6. The quantitative estimate of drug-likeness (QED) is 0.134. The Morgan fingerprint density at radius 2 is 0.468 bits per heavy atom. The van der Waals surface area contributed by atoms with E-state index in [0.717, 1.165) is 102 Å². The van der Waals surface area contributed by atoms with E-state index in [1.165, 1.54) is 0 Å². The lowest BCUT2D eigenvalue weighted by Crippen LogP contribution is -2.24. The zero-order valence-electron chi connectivity index (χ0n) is 41.8. The van der Waals surface area contributed by atoms with E-state index in [-0.39, 0.29) is 0 Å². The highest BCUT2D eigenvalue weighted by molar-refractivity contribution is 6.03. The first-order valence-corrected chi connectivity index (χ1v) is 25.9. The monoisotopic (exact) mass is 988 g/mol. The van der Waals surface area contributed by atoms with Crippen LogP contribution in [0, 0.1) is 0 Å². The number of nitrogens with zero attached hydrogens (tertiary/aromatic N) is 8. The van der Waals surface area contributed by atoms with Gasteiger partial charge in [0.05, 0.1) is 45.5 Å². The molecule has 2 aliphatic heterocycles. The summed E-state index contributed by atoms with van der Waals surface area (Å²) < 4.78 is 0. The van der Waals surface area contributed by atoms with Crippen molar-refractivity contribution < 1.29 is 0 Å². The summed E-state index contributed by atoms with van der Waals surface area (Å²) in [6.07, 6.45) is 0. The molecule has 0 fully saturated rings. The first-order valence-electron chi connectivity index (χ1n) is 25.9. The lowest BCUT2D eigenvalue weighted by Gasteiger charge is -2.41. The van der Waals surface area contributed by atoms with Gasteiger partial charge in [0.1, 0.15) is 0 Å². The van der Waals surface area contributed by atoms with E-state index in [0.29, 0.717) is 17.5 Å². The van der Waals surface area contributed by atoms with E-state index >= 15 is 0 Å². The summed E-state index contributed by atoms with van der Waals surface area (Å²) in [7, 11) is 0. The summed E-state index contributed by atoms with van der Waals surface area (Å²) in [6, 6.07) is 103. The predicted molar refractivity (Wildman–Crippen MR) is 317 cm³/mol. The van der Waals surface area contributed by atoms with E-state index in [2.05, 4.69) is 255 Å². The summed E-state index contributed by atoms with van der Waals surface area (Å²) in [4.78, 5) is 27.0. The van der Waals surface area contributed by atoms with E-state index in [4.69, 9.17) is 15.0 Å². The Morgan fingerprint density at radius 1 is 0.208 bits per heavy atom. The number of anilines is 15. The van der Waals surface area contributed by atoms with Crippen LogP contribution in [0.15, 0.2) is 291 Å². The number of aromatic nitrogens is 3. The lowest BCUT2D eigenvalue weighted by atomic mass is 10.0. The van der Waals surface area contributed by atoms with Crippen molar-refractivity contribution in [2.24, 2.45) is 0 Å². The van der Waals surface area contributed by atoms with Crippen LogP contribution in [0.1, 0.15) is 0 Å². The minimum Gasteiger partial charge on any atom is -0.310 e. The molecule has 0 amide bonds. The molecule has 0 aliphatic carbocycles. The highest BCUT2D eigenvalue weighted by atomic mass is 15.3. The molecule has 0 bridgehead atoms. The van der Waals surface area contributed by atoms with Crippen LogP contribution in [-0.2, 0) is 0 Å². The molecule has 12 aromatic rings. The fourth-order valence-electron chi connectivity index (χ4n) is 10.8. The average molecular weight is 989 g/mol. The van der Waals surface area contributed by atoms with Crippen LogP contribution in [0.5, 0.6) is 0 Å². The van der Waals surface area contributed by atoms with Gasteiger partial charge in [-0.3, -0.25) is 0 Å². The Labute approximate surface area is 448 Å². The summed E-state index contributed by atoms with van der Waals surface area (Å²) in [6.45, 7) is 0. The van der Waals surface area contributed by atoms with Crippen LogP contribution in [-0.4, -0.2) is 15.0 Å². The number of hydrogen-bond donors (Lipinski definition) is 0.